The predicted octanol–water partition coefficient (Wildman–Crippen LogP) is 4.16. The van der Waals surface area contributed by atoms with Crippen LogP contribution in [0.2, 0.25) is 0 Å². The molecule has 27 heavy (non-hydrogen) atoms. The van der Waals surface area contributed by atoms with Crippen LogP contribution in [0.15, 0.2) is 0 Å². The zero-order valence-electron chi connectivity index (χ0n) is 18.5. The highest BCUT2D eigenvalue weighted by Gasteiger charge is 2.54. The minimum absolute atomic E-state index is 0.221. The average molecular weight is 385 g/mol. The van der Waals surface area contributed by atoms with Gasteiger partial charge in [-0.3, -0.25) is 9.69 Å². The summed E-state index contributed by atoms with van der Waals surface area (Å²) in [5.41, 5.74) is -1.03. The number of carbonyl (C=O) groups is 2. The Hall–Kier alpha value is -1.30. The minimum Gasteiger partial charge on any atom is -0.444 e. The van der Waals surface area contributed by atoms with Crippen molar-refractivity contribution in [2.24, 2.45) is 5.41 Å². The van der Waals surface area contributed by atoms with Gasteiger partial charge in [-0.15, -0.1) is 0 Å². The number of aliphatic hydroxyl groups is 1. The maximum Gasteiger partial charge on any atom is 0.412 e. The van der Waals surface area contributed by atoms with Crippen molar-refractivity contribution in [2.45, 2.75) is 111 Å². The van der Waals surface area contributed by atoms with E-state index in [-0.39, 0.29) is 11.3 Å². The van der Waals surface area contributed by atoms with Crippen molar-refractivity contribution in [3.05, 3.63) is 0 Å². The highest BCUT2D eigenvalue weighted by atomic mass is 16.6. The van der Waals surface area contributed by atoms with Gasteiger partial charge < -0.3 is 14.7 Å². The first-order valence-electron chi connectivity index (χ1n) is 10.3. The molecule has 0 spiro atoms. The number of unbranched alkanes of at least 4 members (excludes halogenated alkanes) is 4. The summed E-state index contributed by atoms with van der Waals surface area (Å²) in [5, 5.41) is 10.8. The van der Waals surface area contributed by atoms with Crippen molar-refractivity contribution in [1.82, 2.24) is 9.80 Å². The van der Waals surface area contributed by atoms with Crippen molar-refractivity contribution in [1.29, 1.82) is 0 Å². The van der Waals surface area contributed by atoms with E-state index in [1.807, 2.05) is 20.8 Å². The van der Waals surface area contributed by atoms with Crippen LogP contribution in [0, 0.1) is 5.41 Å². The first-order valence-corrected chi connectivity index (χ1v) is 10.3. The maximum atomic E-state index is 13.0. The summed E-state index contributed by atoms with van der Waals surface area (Å²) >= 11 is 0. The fraction of sp³-hybridized carbons (Fsp3) is 0.905. The van der Waals surface area contributed by atoms with E-state index in [4.69, 9.17) is 4.74 Å². The molecule has 6 nitrogen and oxygen atoms in total. The Kier molecular flexibility index (Phi) is 8.14. The molecule has 2 amide bonds. The summed E-state index contributed by atoms with van der Waals surface area (Å²) in [6.45, 7) is 13.5. The van der Waals surface area contributed by atoms with E-state index in [1.165, 1.54) is 11.3 Å². The molecule has 0 aromatic carbocycles. The molecular formula is C21H40N2O4. The Morgan fingerprint density at radius 3 is 2.15 bits per heavy atom. The third-order valence-corrected chi connectivity index (χ3v) is 4.88. The molecule has 0 aromatic heterocycles. The van der Waals surface area contributed by atoms with Crippen LogP contribution in [-0.2, 0) is 9.53 Å². The number of amides is 2. The SMILES string of the molecule is CCCCCCC[C@H](O)[C@H]1C(=O)N(C)[C@H](C(C)(C)C)N1C(=O)OC(C)(C)C. The third kappa shape index (κ3) is 6.37. The number of aliphatic hydroxyl groups excluding tert-OH is 1. The fourth-order valence-electron chi connectivity index (χ4n) is 3.78. The molecule has 158 valence electrons. The molecule has 6 heteroatoms. The molecule has 0 bridgehead atoms. The number of hydrogen-bond acceptors (Lipinski definition) is 4. The quantitative estimate of drug-likeness (QED) is 0.669. The van der Waals surface area contributed by atoms with Crippen LogP contribution < -0.4 is 0 Å². The predicted molar refractivity (Wildman–Crippen MR) is 107 cm³/mol. The van der Waals surface area contributed by atoms with Gasteiger partial charge in [0, 0.05) is 12.5 Å². The number of rotatable bonds is 7. The van der Waals surface area contributed by atoms with Crippen LogP contribution >= 0.6 is 0 Å². The van der Waals surface area contributed by atoms with Crippen LogP contribution in [-0.4, -0.2) is 57.9 Å². The Balaban J connectivity index is 3.02. The monoisotopic (exact) mass is 384 g/mol. The third-order valence-electron chi connectivity index (χ3n) is 4.88. The summed E-state index contributed by atoms with van der Waals surface area (Å²) in [5.74, 6) is -0.221. The average Bonchev–Trinajstić information content (AvgIpc) is 2.77. The molecule has 1 saturated heterocycles. The van der Waals surface area contributed by atoms with Gasteiger partial charge in [-0.25, -0.2) is 4.79 Å². The van der Waals surface area contributed by atoms with Crippen LogP contribution in [0.1, 0.15) is 87.0 Å². The van der Waals surface area contributed by atoms with Crippen molar-refractivity contribution >= 4 is 12.0 Å². The number of ether oxygens (including phenoxy) is 1. The van der Waals surface area contributed by atoms with E-state index in [0.29, 0.717) is 6.42 Å². The fourth-order valence-corrected chi connectivity index (χ4v) is 3.78. The molecule has 0 radical (unpaired) electrons. The number of hydrogen-bond donors (Lipinski definition) is 1. The Bertz CT molecular complexity index is 507. The first kappa shape index (κ1) is 23.7. The second-order valence-electron chi connectivity index (χ2n) is 9.79. The maximum absolute atomic E-state index is 13.0. The van der Waals surface area contributed by atoms with Crippen molar-refractivity contribution in [3.63, 3.8) is 0 Å². The van der Waals surface area contributed by atoms with Gasteiger partial charge in [0.2, 0.25) is 5.91 Å². The van der Waals surface area contributed by atoms with Gasteiger partial charge in [-0.05, 0) is 27.2 Å². The van der Waals surface area contributed by atoms with Gasteiger partial charge in [-0.1, -0.05) is 59.8 Å². The van der Waals surface area contributed by atoms with E-state index >= 15 is 0 Å². The molecular weight excluding hydrogens is 344 g/mol. The lowest BCUT2D eigenvalue weighted by Crippen LogP contribution is -2.54. The highest BCUT2D eigenvalue weighted by molar-refractivity contribution is 5.90. The topological polar surface area (TPSA) is 70.1 Å². The van der Waals surface area contributed by atoms with Gasteiger partial charge in [-0.2, -0.15) is 0 Å². The summed E-state index contributed by atoms with van der Waals surface area (Å²) in [4.78, 5) is 28.9. The Morgan fingerprint density at radius 2 is 1.67 bits per heavy atom. The molecule has 1 aliphatic rings. The van der Waals surface area contributed by atoms with Gasteiger partial charge in [0.25, 0.3) is 0 Å². The molecule has 1 rings (SSSR count). The molecule has 1 N–H and O–H groups in total. The largest absolute Gasteiger partial charge is 0.444 e. The molecule has 0 aliphatic carbocycles. The Labute approximate surface area is 165 Å². The molecule has 1 heterocycles. The van der Waals surface area contributed by atoms with Crippen molar-refractivity contribution in [2.75, 3.05) is 7.05 Å². The van der Waals surface area contributed by atoms with Crippen molar-refractivity contribution < 1.29 is 19.4 Å². The molecule has 1 fully saturated rings. The zero-order chi connectivity index (χ0) is 21.0. The lowest BCUT2D eigenvalue weighted by Gasteiger charge is -2.39. The molecule has 3 atom stereocenters. The highest BCUT2D eigenvalue weighted by Crippen LogP contribution is 2.36. The lowest BCUT2D eigenvalue weighted by molar-refractivity contribution is -0.131. The van der Waals surface area contributed by atoms with Crippen LogP contribution in [0.3, 0.4) is 0 Å². The molecule has 0 unspecified atom stereocenters. The van der Waals surface area contributed by atoms with E-state index in [9.17, 15) is 14.7 Å². The van der Waals surface area contributed by atoms with E-state index < -0.39 is 30.0 Å². The number of carbonyl (C=O) groups excluding carboxylic acids is 2. The van der Waals surface area contributed by atoms with E-state index in [0.717, 1.165) is 25.7 Å². The minimum atomic E-state index is -0.889. The van der Waals surface area contributed by atoms with Crippen molar-refractivity contribution in [3.8, 4) is 0 Å². The van der Waals surface area contributed by atoms with Gasteiger partial charge in [0.05, 0.1) is 6.10 Å². The number of likely N-dealkylation sites (N-methyl/N-ethyl adjacent to an activating group) is 1. The van der Waals surface area contributed by atoms with E-state index in [1.54, 1.807) is 32.7 Å². The molecule has 0 saturated carbocycles. The zero-order valence-corrected chi connectivity index (χ0v) is 18.5. The molecule has 1 aliphatic heterocycles. The second-order valence-corrected chi connectivity index (χ2v) is 9.79. The van der Waals surface area contributed by atoms with Crippen LogP contribution in [0.4, 0.5) is 4.79 Å². The summed E-state index contributed by atoms with van der Waals surface area (Å²) in [6.07, 6.45) is 3.95. The standard InChI is InChI=1S/C21H40N2O4/c1-9-10-11-12-13-14-15(24)16-17(25)22(8)18(20(2,3)4)23(16)19(26)27-21(5,6)7/h15-16,18,24H,9-14H2,1-8H3/t15-,16-,18-/m0/s1. The Morgan fingerprint density at radius 1 is 1.11 bits per heavy atom. The van der Waals surface area contributed by atoms with Gasteiger partial charge in [0.1, 0.15) is 17.8 Å². The summed E-state index contributed by atoms with van der Waals surface area (Å²) in [7, 11) is 1.70. The van der Waals surface area contributed by atoms with Crippen LogP contribution in [0.5, 0.6) is 0 Å². The normalized spacial score (nSPS) is 22.3. The lowest BCUT2D eigenvalue weighted by atomic mass is 9.91. The first-order chi connectivity index (χ1) is 12.3. The second kappa shape index (κ2) is 9.26. The van der Waals surface area contributed by atoms with Gasteiger partial charge in [0.15, 0.2) is 0 Å². The summed E-state index contributed by atoms with van der Waals surface area (Å²) < 4.78 is 5.58. The summed E-state index contributed by atoms with van der Waals surface area (Å²) in [6, 6.07) is -0.889. The van der Waals surface area contributed by atoms with Crippen LogP contribution in [0.25, 0.3) is 0 Å². The van der Waals surface area contributed by atoms with Gasteiger partial charge >= 0.3 is 6.09 Å². The van der Waals surface area contributed by atoms with E-state index in [2.05, 4.69) is 6.92 Å². The smallest absolute Gasteiger partial charge is 0.412 e. The molecule has 0 aromatic rings. The number of nitrogens with zero attached hydrogens (tertiary/aromatic N) is 2.